The molecule has 0 amide bonds. The van der Waals surface area contributed by atoms with Crippen molar-refractivity contribution in [2.24, 2.45) is 0 Å². The van der Waals surface area contributed by atoms with Gasteiger partial charge in [0.25, 0.3) is 10.0 Å². The Bertz CT molecular complexity index is 822. The molecule has 21 heavy (non-hydrogen) atoms. The lowest BCUT2D eigenvalue weighted by atomic mass is 10.1. The second kappa shape index (κ2) is 5.38. The van der Waals surface area contributed by atoms with Crippen LogP contribution in [0.25, 0.3) is 0 Å². The van der Waals surface area contributed by atoms with Crippen LogP contribution in [0.15, 0.2) is 20.1 Å². The van der Waals surface area contributed by atoms with E-state index in [1.807, 2.05) is 0 Å². The van der Waals surface area contributed by atoms with Gasteiger partial charge in [-0.25, -0.2) is 13.2 Å². The van der Waals surface area contributed by atoms with Gasteiger partial charge >= 0.3 is 5.97 Å². The van der Waals surface area contributed by atoms with Gasteiger partial charge in [0, 0.05) is 4.88 Å². The summed E-state index contributed by atoms with van der Waals surface area (Å²) < 4.78 is 27.9. The van der Waals surface area contributed by atoms with Gasteiger partial charge in [-0.2, -0.15) is 0 Å². The Kier molecular flexibility index (Phi) is 3.85. The van der Waals surface area contributed by atoms with Crippen LogP contribution < -0.4 is 4.72 Å². The first kappa shape index (κ1) is 15.0. The first-order valence-electron chi connectivity index (χ1n) is 6.04. The number of carbonyl (C=O) groups is 1. The highest BCUT2D eigenvalue weighted by Crippen LogP contribution is 2.40. The largest absolute Gasteiger partial charge is 0.478 e. The zero-order valence-corrected chi connectivity index (χ0v) is 14.6. The molecule has 0 spiro atoms. The van der Waals surface area contributed by atoms with Crippen LogP contribution in [0.1, 0.15) is 27.2 Å². The molecule has 2 aromatic heterocycles. The number of hydrogen-bond donors (Lipinski definition) is 2. The summed E-state index contributed by atoms with van der Waals surface area (Å²) in [7, 11) is -3.75. The molecule has 3 rings (SSSR count). The Hall–Kier alpha value is -0.900. The Labute approximate surface area is 137 Å². The fourth-order valence-electron chi connectivity index (χ4n) is 2.32. The number of nitrogens with one attached hydrogen (secondary N) is 1. The molecule has 5 nitrogen and oxygen atoms in total. The fourth-order valence-corrected chi connectivity index (χ4v) is 6.91. The third-order valence-corrected chi connectivity index (χ3v) is 7.98. The predicted molar refractivity (Wildman–Crippen MR) is 86.1 cm³/mol. The molecule has 0 aromatic carbocycles. The first-order valence-corrected chi connectivity index (χ1v) is 9.95. The summed E-state index contributed by atoms with van der Waals surface area (Å²) in [5, 5.41) is 9.56. The van der Waals surface area contributed by atoms with E-state index in [2.05, 4.69) is 20.7 Å². The molecular weight excluding hydrogens is 398 g/mol. The van der Waals surface area contributed by atoms with Crippen LogP contribution in [-0.2, 0) is 22.9 Å². The number of rotatable bonds is 4. The van der Waals surface area contributed by atoms with E-state index in [1.54, 1.807) is 6.07 Å². The highest BCUT2D eigenvalue weighted by Gasteiger charge is 2.29. The second-order valence-electron chi connectivity index (χ2n) is 4.53. The zero-order chi connectivity index (χ0) is 15.2. The van der Waals surface area contributed by atoms with E-state index in [0.717, 1.165) is 34.6 Å². The minimum atomic E-state index is -3.75. The third kappa shape index (κ3) is 2.75. The maximum absolute atomic E-state index is 12.3. The van der Waals surface area contributed by atoms with E-state index in [0.29, 0.717) is 10.2 Å². The number of carboxylic acids is 1. The van der Waals surface area contributed by atoms with Crippen LogP contribution in [-0.4, -0.2) is 19.5 Å². The van der Waals surface area contributed by atoms with Crippen molar-refractivity contribution in [1.29, 1.82) is 0 Å². The summed E-state index contributed by atoms with van der Waals surface area (Å²) in [5.41, 5.74) is 0.879. The molecule has 0 radical (unpaired) electrons. The van der Waals surface area contributed by atoms with Crippen molar-refractivity contribution >= 4 is 59.6 Å². The molecule has 2 aromatic rings. The SMILES string of the molecule is O=C(O)c1c(NS(=O)(=O)c2ccc(Br)s2)sc2c1CCC2. The molecule has 112 valence electrons. The lowest BCUT2D eigenvalue weighted by Gasteiger charge is -2.06. The number of fused-ring (bicyclic) bond motifs is 1. The maximum Gasteiger partial charge on any atom is 0.339 e. The maximum atomic E-state index is 12.3. The summed E-state index contributed by atoms with van der Waals surface area (Å²) in [6.45, 7) is 0. The third-order valence-electron chi connectivity index (χ3n) is 3.18. The predicted octanol–water partition coefficient (Wildman–Crippen LogP) is 3.56. The molecule has 2 heterocycles. The first-order chi connectivity index (χ1) is 9.88. The average molecular weight is 408 g/mol. The van der Waals surface area contributed by atoms with Crippen LogP contribution >= 0.6 is 38.6 Å². The van der Waals surface area contributed by atoms with E-state index < -0.39 is 16.0 Å². The van der Waals surface area contributed by atoms with Gasteiger partial charge in [0.1, 0.15) is 9.21 Å². The molecule has 0 fully saturated rings. The van der Waals surface area contributed by atoms with Gasteiger partial charge in [-0.1, -0.05) is 0 Å². The van der Waals surface area contributed by atoms with Crippen molar-refractivity contribution in [1.82, 2.24) is 0 Å². The lowest BCUT2D eigenvalue weighted by molar-refractivity contribution is 0.0697. The second-order valence-corrected chi connectivity index (χ2v) is 10.0. The number of carboxylic acid groups (broad SMARTS) is 1. The van der Waals surface area contributed by atoms with Crippen molar-refractivity contribution in [3.8, 4) is 0 Å². The van der Waals surface area contributed by atoms with Crippen LogP contribution in [0.5, 0.6) is 0 Å². The van der Waals surface area contributed by atoms with Gasteiger partial charge < -0.3 is 5.11 Å². The van der Waals surface area contributed by atoms with Gasteiger partial charge in [0.05, 0.1) is 9.35 Å². The Balaban J connectivity index is 2.01. The van der Waals surface area contributed by atoms with E-state index in [1.165, 1.54) is 17.4 Å². The van der Waals surface area contributed by atoms with E-state index >= 15 is 0 Å². The Morgan fingerprint density at radius 3 is 2.67 bits per heavy atom. The highest BCUT2D eigenvalue weighted by molar-refractivity contribution is 9.11. The fraction of sp³-hybridized carbons (Fsp3) is 0.250. The Morgan fingerprint density at radius 2 is 2.05 bits per heavy atom. The van der Waals surface area contributed by atoms with Gasteiger partial charge in [0.15, 0.2) is 0 Å². The molecule has 1 aliphatic carbocycles. The standard InChI is InChI=1S/C12H10BrNO4S3/c13-8-4-5-9(20-8)21(17,18)14-11-10(12(15)16)6-2-1-3-7(6)19-11/h4-5,14H,1-3H2,(H,15,16). The molecule has 0 aliphatic heterocycles. The minimum Gasteiger partial charge on any atom is -0.478 e. The average Bonchev–Trinajstić information content (AvgIpc) is 3.03. The smallest absolute Gasteiger partial charge is 0.339 e. The number of hydrogen-bond acceptors (Lipinski definition) is 5. The van der Waals surface area contributed by atoms with Gasteiger partial charge in [0.2, 0.25) is 0 Å². The van der Waals surface area contributed by atoms with Crippen molar-refractivity contribution in [3.63, 3.8) is 0 Å². The Morgan fingerprint density at radius 1 is 1.29 bits per heavy atom. The minimum absolute atomic E-state index is 0.103. The normalized spacial score (nSPS) is 14.1. The number of halogens is 1. The monoisotopic (exact) mass is 407 g/mol. The molecular formula is C12H10BrNO4S3. The van der Waals surface area contributed by atoms with Crippen LogP contribution in [0, 0.1) is 0 Å². The molecule has 0 atom stereocenters. The molecule has 1 aliphatic rings. The summed E-state index contributed by atoms with van der Waals surface area (Å²) in [6.07, 6.45) is 2.43. The highest BCUT2D eigenvalue weighted by atomic mass is 79.9. The summed E-state index contributed by atoms with van der Waals surface area (Å²) >= 11 is 5.53. The van der Waals surface area contributed by atoms with Crippen LogP contribution in [0.3, 0.4) is 0 Å². The van der Waals surface area contributed by atoms with E-state index in [-0.39, 0.29) is 14.8 Å². The van der Waals surface area contributed by atoms with Gasteiger partial charge in [-0.15, -0.1) is 22.7 Å². The molecule has 0 saturated heterocycles. The van der Waals surface area contributed by atoms with Crippen LogP contribution in [0.2, 0.25) is 0 Å². The van der Waals surface area contributed by atoms with Crippen molar-refractivity contribution in [3.05, 3.63) is 31.9 Å². The topological polar surface area (TPSA) is 83.5 Å². The quantitative estimate of drug-likeness (QED) is 0.811. The number of aromatic carboxylic acids is 1. The number of sulfonamides is 1. The summed E-state index contributed by atoms with van der Waals surface area (Å²) in [4.78, 5) is 12.4. The van der Waals surface area contributed by atoms with Gasteiger partial charge in [-0.3, -0.25) is 4.72 Å². The molecule has 9 heteroatoms. The van der Waals surface area contributed by atoms with Gasteiger partial charge in [-0.05, 0) is 52.9 Å². The van der Waals surface area contributed by atoms with Crippen LogP contribution in [0.4, 0.5) is 5.00 Å². The summed E-state index contributed by atoms with van der Waals surface area (Å²) in [5.74, 6) is -1.08. The number of aryl methyl sites for hydroxylation is 1. The molecule has 2 N–H and O–H groups in total. The zero-order valence-electron chi connectivity index (χ0n) is 10.6. The molecule has 0 bridgehead atoms. The molecule has 0 unspecified atom stereocenters. The molecule has 0 saturated carbocycles. The van der Waals surface area contributed by atoms with Crippen molar-refractivity contribution in [2.75, 3.05) is 4.72 Å². The van der Waals surface area contributed by atoms with Crippen molar-refractivity contribution in [2.45, 2.75) is 23.5 Å². The lowest BCUT2D eigenvalue weighted by Crippen LogP contribution is -2.13. The number of thiophene rings is 2. The summed E-state index contributed by atoms with van der Waals surface area (Å²) in [6, 6.07) is 3.13. The number of anilines is 1. The van der Waals surface area contributed by atoms with Crippen molar-refractivity contribution < 1.29 is 18.3 Å². The van der Waals surface area contributed by atoms with E-state index in [4.69, 9.17) is 0 Å². The van der Waals surface area contributed by atoms with E-state index in [9.17, 15) is 18.3 Å².